The van der Waals surface area contributed by atoms with Gasteiger partial charge in [-0.3, -0.25) is 12.2 Å². The second-order valence-electron chi connectivity index (χ2n) is 2.74. The van der Waals surface area contributed by atoms with Crippen LogP contribution in [0.25, 0.3) is 0 Å². The molecule has 2 aliphatic carbocycles. The van der Waals surface area contributed by atoms with Crippen LogP contribution in [-0.4, -0.2) is 0 Å². The average molecular weight is 341 g/mol. The van der Waals surface area contributed by atoms with E-state index >= 15 is 0 Å². The first kappa shape index (κ1) is 19.2. The molecule has 0 atom stereocenters. The van der Waals surface area contributed by atoms with Gasteiger partial charge in [0.05, 0.1) is 0 Å². The maximum Gasteiger partial charge on any atom is 3.00 e. The second kappa shape index (κ2) is 15.8. The zero-order valence-corrected chi connectivity index (χ0v) is 13.5. The van der Waals surface area contributed by atoms with Crippen LogP contribution in [0.4, 0.5) is 0 Å². The number of hydrogen-bond acceptors (Lipinski definition) is 1. The van der Waals surface area contributed by atoms with Crippen LogP contribution in [0.3, 0.4) is 0 Å². The van der Waals surface area contributed by atoms with E-state index in [4.69, 9.17) is 0 Å². The van der Waals surface area contributed by atoms with E-state index in [1.54, 1.807) is 11.3 Å². The normalized spacial score (nSPS) is 12.7. The predicted octanol–water partition coefficient (Wildman–Crippen LogP) is 4.58. The Labute approximate surface area is 133 Å². The van der Waals surface area contributed by atoms with E-state index < -0.39 is 0 Å². The average Bonchev–Trinajstić information content (AvgIpc) is 3.09. The van der Waals surface area contributed by atoms with Crippen molar-refractivity contribution in [3.8, 4) is 0 Å². The van der Waals surface area contributed by atoms with E-state index in [1.165, 1.54) is 0 Å². The van der Waals surface area contributed by atoms with Crippen LogP contribution in [-0.2, 0) is 26.2 Å². The number of allylic oxidation sites excluding steroid dienone is 8. The molecule has 0 saturated heterocycles. The summed E-state index contributed by atoms with van der Waals surface area (Å²) in [6.07, 6.45) is 20.0. The summed E-state index contributed by atoms with van der Waals surface area (Å²) in [5.74, 6) is 0. The Bertz CT molecular complexity index is 278. The van der Waals surface area contributed by atoms with Gasteiger partial charge in [-0.25, -0.2) is 30.4 Å². The Morgan fingerprint density at radius 3 is 1.65 bits per heavy atom. The quantitative estimate of drug-likeness (QED) is 0.606. The molecule has 0 nitrogen and oxygen atoms in total. The summed E-state index contributed by atoms with van der Waals surface area (Å²) in [6, 6.07) is 3.86. The van der Waals surface area contributed by atoms with Gasteiger partial charge in [0, 0.05) is 0 Å². The van der Waals surface area contributed by atoms with Crippen molar-refractivity contribution in [2.45, 2.75) is 12.8 Å². The summed E-state index contributed by atoms with van der Waals surface area (Å²) < 4.78 is 0. The number of halogens is 1. The molecule has 0 aliphatic heterocycles. The van der Waals surface area contributed by atoms with E-state index in [0.717, 1.165) is 12.8 Å². The smallest absolute Gasteiger partial charge is 0.304 e. The first-order valence-electron chi connectivity index (χ1n) is 4.83. The zero-order chi connectivity index (χ0) is 10.6. The van der Waals surface area contributed by atoms with E-state index in [9.17, 15) is 0 Å². The molecule has 3 rings (SSSR count). The van der Waals surface area contributed by atoms with E-state index in [0.29, 0.717) is 0 Å². The van der Waals surface area contributed by atoms with Crippen LogP contribution < -0.4 is 0 Å². The molecule has 1 aromatic heterocycles. The minimum Gasteiger partial charge on any atom is -0.304 e. The van der Waals surface area contributed by atoms with Gasteiger partial charge in [-0.2, -0.15) is 23.6 Å². The fraction of sp³-hybridized carbons (Fsp3) is 0.143. The van der Waals surface area contributed by atoms with Crippen molar-refractivity contribution in [2.75, 3.05) is 0 Å². The first-order valence-corrected chi connectivity index (χ1v) is 5.71. The summed E-state index contributed by atoms with van der Waals surface area (Å²) in [6.45, 7) is 0. The second-order valence-corrected chi connectivity index (χ2v) is 3.48. The molecule has 0 aromatic carbocycles. The van der Waals surface area contributed by atoms with Gasteiger partial charge in [-0.1, -0.05) is 0 Å². The van der Waals surface area contributed by atoms with Crippen LogP contribution in [0, 0.1) is 17.5 Å². The molecule has 17 heavy (non-hydrogen) atoms. The molecule has 0 fully saturated rings. The minimum atomic E-state index is 0. The number of rotatable bonds is 0. The van der Waals surface area contributed by atoms with Gasteiger partial charge in [0.25, 0.3) is 0 Å². The molecule has 0 amide bonds. The standard InChI is InChI=1S/2C5H5.C4H3S.ClH.Zr/c3*1-2-4-5-3-1;;/h2*1-3H,4H2;1-3H;1H;/q3*-1;;+3. The largest absolute Gasteiger partial charge is 3.00 e. The Balaban J connectivity index is 0. The third-order valence-corrected chi connectivity index (χ3v) is 2.12. The summed E-state index contributed by atoms with van der Waals surface area (Å²) in [4.78, 5) is 0. The Morgan fingerprint density at radius 2 is 1.53 bits per heavy atom. The van der Waals surface area contributed by atoms with E-state index in [1.807, 2.05) is 41.8 Å². The molecule has 2 aliphatic rings. The van der Waals surface area contributed by atoms with Crippen molar-refractivity contribution < 1.29 is 26.2 Å². The summed E-state index contributed by atoms with van der Waals surface area (Å²) in [5, 5.41) is 4.89. The predicted molar refractivity (Wildman–Crippen MR) is 73.5 cm³/mol. The van der Waals surface area contributed by atoms with Crippen LogP contribution in [0.1, 0.15) is 12.8 Å². The van der Waals surface area contributed by atoms with Gasteiger partial charge >= 0.3 is 26.2 Å². The molecule has 3 heteroatoms. The molecule has 0 unspecified atom stereocenters. The zero-order valence-electron chi connectivity index (χ0n) is 9.43. The SMILES string of the molecule is Cl.[C-]1=CC=CC1.[C-]1=CC=CC1.[Zr+3].[c-]1cccs1. The van der Waals surface area contributed by atoms with Gasteiger partial charge in [-0.15, -0.1) is 30.6 Å². The van der Waals surface area contributed by atoms with Crippen molar-refractivity contribution in [3.05, 3.63) is 71.5 Å². The van der Waals surface area contributed by atoms with Crippen molar-refractivity contribution in [1.82, 2.24) is 0 Å². The summed E-state index contributed by atoms with van der Waals surface area (Å²) in [5.41, 5.74) is 0. The maximum absolute atomic E-state index is 2.99. The van der Waals surface area contributed by atoms with Crippen LogP contribution in [0.5, 0.6) is 0 Å². The van der Waals surface area contributed by atoms with Crippen molar-refractivity contribution in [1.29, 1.82) is 0 Å². The van der Waals surface area contributed by atoms with Crippen molar-refractivity contribution in [2.24, 2.45) is 0 Å². The van der Waals surface area contributed by atoms with Gasteiger partial charge in [0.2, 0.25) is 0 Å². The molecule has 0 spiro atoms. The number of hydrogen-bond donors (Lipinski definition) is 0. The Kier molecular flexibility index (Phi) is 17.9. The van der Waals surface area contributed by atoms with Crippen molar-refractivity contribution >= 4 is 23.7 Å². The molecule has 87 valence electrons. The third-order valence-electron chi connectivity index (χ3n) is 1.55. The monoisotopic (exact) mass is 339 g/mol. The molecular weight excluding hydrogens is 327 g/mol. The molecule has 0 bridgehead atoms. The van der Waals surface area contributed by atoms with Gasteiger partial charge < -0.3 is 11.3 Å². The fourth-order valence-electron chi connectivity index (χ4n) is 0.877. The molecule has 1 radical (unpaired) electrons. The van der Waals surface area contributed by atoms with Gasteiger partial charge in [0.1, 0.15) is 0 Å². The number of thiophene rings is 1. The van der Waals surface area contributed by atoms with E-state index in [-0.39, 0.29) is 38.6 Å². The molecular formula is C14H14ClSZr. The topological polar surface area (TPSA) is 0 Å². The Hall–Kier alpha value is -0.167. The fourth-order valence-corrected chi connectivity index (χ4v) is 1.27. The minimum absolute atomic E-state index is 0. The maximum atomic E-state index is 2.99. The van der Waals surface area contributed by atoms with E-state index in [2.05, 4.69) is 29.7 Å². The van der Waals surface area contributed by atoms with Crippen molar-refractivity contribution in [3.63, 3.8) is 0 Å². The molecule has 0 saturated carbocycles. The first-order chi connectivity index (χ1) is 7.50. The van der Waals surface area contributed by atoms with Gasteiger partial charge in [0.15, 0.2) is 0 Å². The molecule has 1 heterocycles. The van der Waals surface area contributed by atoms with Crippen LogP contribution in [0.2, 0.25) is 0 Å². The summed E-state index contributed by atoms with van der Waals surface area (Å²) in [7, 11) is 0. The molecule has 0 N–H and O–H groups in total. The third kappa shape index (κ3) is 13.8. The Morgan fingerprint density at radius 1 is 0.941 bits per heavy atom. The van der Waals surface area contributed by atoms with Crippen LogP contribution >= 0.6 is 23.7 Å². The summed E-state index contributed by atoms with van der Waals surface area (Å²) >= 11 is 1.59. The molecule has 1 aromatic rings. The van der Waals surface area contributed by atoms with Gasteiger partial charge in [-0.05, 0) is 0 Å². The van der Waals surface area contributed by atoms with Crippen LogP contribution in [0.15, 0.2) is 54.0 Å².